The number of esters is 1. The first-order chi connectivity index (χ1) is 9.31. The SMILES string of the molecule is CC[C@@H](C)[C@H](NS(=O)(=O)c1ccc(C)cc1)C(=O)OC. The van der Waals surface area contributed by atoms with E-state index < -0.39 is 22.0 Å². The molecule has 0 fully saturated rings. The van der Waals surface area contributed by atoms with Gasteiger partial charge in [-0.15, -0.1) is 0 Å². The third kappa shape index (κ3) is 4.05. The van der Waals surface area contributed by atoms with Gasteiger partial charge in [0.05, 0.1) is 12.0 Å². The maximum absolute atomic E-state index is 12.3. The molecule has 0 aliphatic rings. The van der Waals surface area contributed by atoms with Gasteiger partial charge >= 0.3 is 5.97 Å². The highest BCUT2D eigenvalue weighted by Crippen LogP contribution is 2.15. The average molecular weight is 299 g/mol. The van der Waals surface area contributed by atoms with Gasteiger partial charge in [-0.1, -0.05) is 38.0 Å². The molecule has 0 aliphatic carbocycles. The number of rotatable bonds is 6. The minimum Gasteiger partial charge on any atom is -0.468 e. The number of benzene rings is 1. The van der Waals surface area contributed by atoms with Gasteiger partial charge < -0.3 is 4.74 Å². The van der Waals surface area contributed by atoms with Gasteiger partial charge in [0, 0.05) is 0 Å². The lowest BCUT2D eigenvalue weighted by atomic mass is 10.0. The van der Waals surface area contributed by atoms with E-state index in [9.17, 15) is 13.2 Å². The number of sulfonamides is 1. The number of carbonyl (C=O) groups excluding carboxylic acids is 1. The Bertz CT molecular complexity index is 551. The van der Waals surface area contributed by atoms with Crippen molar-refractivity contribution in [1.29, 1.82) is 0 Å². The van der Waals surface area contributed by atoms with Crippen molar-refractivity contribution in [3.05, 3.63) is 29.8 Å². The summed E-state index contributed by atoms with van der Waals surface area (Å²) in [5.74, 6) is -0.724. The van der Waals surface area contributed by atoms with Gasteiger partial charge in [0.1, 0.15) is 6.04 Å². The van der Waals surface area contributed by atoms with E-state index in [1.165, 1.54) is 19.2 Å². The van der Waals surface area contributed by atoms with Crippen LogP contribution in [0.2, 0.25) is 0 Å². The Kier molecular flexibility index (Phi) is 5.71. The second-order valence-corrected chi connectivity index (χ2v) is 6.53. The first-order valence-corrected chi connectivity index (χ1v) is 7.97. The van der Waals surface area contributed by atoms with Gasteiger partial charge in [0.15, 0.2) is 0 Å². The van der Waals surface area contributed by atoms with Crippen LogP contribution >= 0.6 is 0 Å². The molecule has 1 aromatic carbocycles. The van der Waals surface area contributed by atoms with Crippen molar-refractivity contribution >= 4 is 16.0 Å². The van der Waals surface area contributed by atoms with Crippen LogP contribution in [0.1, 0.15) is 25.8 Å². The van der Waals surface area contributed by atoms with Crippen molar-refractivity contribution in [2.24, 2.45) is 5.92 Å². The van der Waals surface area contributed by atoms with Crippen molar-refractivity contribution in [1.82, 2.24) is 4.72 Å². The van der Waals surface area contributed by atoms with E-state index in [4.69, 9.17) is 0 Å². The molecule has 0 saturated carbocycles. The second-order valence-electron chi connectivity index (χ2n) is 4.82. The van der Waals surface area contributed by atoms with Crippen LogP contribution in [0, 0.1) is 12.8 Å². The average Bonchev–Trinajstić information content (AvgIpc) is 2.43. The molecule has 0 amide bonds. The molecule has 0 unspecified atom stereocenters. The molecule has 1 N–H and O–H groups in total. The predicted molar refractivity (Wildman–Crippen MR) is 76.8 cm³/mol. The topological polar surface area (TPSA) is 72.5 Å². The lowest BCUT2D eigenvalue weighted by molar-refractivity contribution is -0.143. The summed E-state index contributed by atoms with van der Waals surface area (Å²) in [5.41, 5.74) is 0.968. The summed E-state index contributed by atoms with van der Waals surface area (Å²) in [4.78, 5) is 11.9. The number of carbonyl (C=O) groups is 1. The summed E-state index contributed by atoms with van der Waals surface area (Å²) in [5, 5.41) is 0. The molecule has 0 saturated heterocycles. The number of methoxy groups -OCH3 is 1. The standard InChI is InChI=1S/C14H21NO4S/c1-5-11(3)13(14(16)19-4)15-20(17,18)12-8-6-10(2)7-9-12/h6-9,11,13,15H,5H2,1-4H3/t11-,13+/m1/s1. The number of hydrogen-bond donors (Lipinski definition) is 1. The van der Waals surface area contributed by atoms with Crippen LogP contribution in [-0.2, 0) is 19.6 Å². The summed E-state index contributed by atoms with van der Waals surface area (Å²) in [6.07, 6.45) is 0.663. The van der Waals surface area contributed by atoms with E-state index in [2.05, 4.69) is 9.46 Å². The highest BCUT2D eigenvalue weighted by Gasteiger charge is 2.30. The van der Waals surface area contributed by atoms with Crippen LogP contribution in [0.4, 0.5) is 0 Å². The molecule has 0 bridgehead atoms. The van der Waals surface area contributed by atoms with E-state index >= 15 is 0 Å². The van der Waals surface area contributed by atoms with Crippen LogP contribution in [0.25, 0.3) is 0 Å². The lowest BCUT2D eigenvalue weighted by Gasteiger charge is -2.21. The molecule has 20 heavy (non-hydrogen) atoms. The van der Waals surface area contributed by atoms with Gasteiger partial charge in [0.25, 0.3) is 0 Å². The smallest absolute Gasteiger partial charge is 0.324 e. The first-order valence-electron chi connectivity index (χ1n) is 6.48. The van der Waals surface area contributed by atoms with Gasteiger partial charge in [-0.3, -0.25) is 4.79 Å². The Morgan fingerprint density at radius 3 is 2.30 bits per heavy atom. The maximum Gasteiger partial charge on any atom is 0.324 e. The molecule has 5 nitrogen and oxygen atoms in total. The maximum atomic E-state index is 12.3. The molecule has 112 valence electrons. The summed E-state index contributed by atoms with van der Waals surface area (Å²) in [6.45, 7) is 5.57. The van der Waals surface area contributed by atoms with E-state index in [0.29, 0.717) is 6.42 Å². The molecule has 0 heterocycles. The number of hydrogen-bond acceptors (Lipinski definition) is 4. The van der Waals surface area contributed by atoms with Crippen LogP contribution in [0.15, 0.2) is 29.2 Å². The third-order valence-corrected chi connectivity index (χ3v) is 4.74. The summed E-state index contributed by atoms with van der Waals surface area (Å²) < 4.78 is 31.6. The van der Waals surface area contributed by atoms with Gasteiger partial charge in [0.2, 0.25) is 10.0 Å². The van der Waals surface area contributed by atoms with Crippen molar-refractivity contribution in [3.8, 4) is 0 Å². The highest BCUT2D eigenvalue weighted by molar-refractivity contribution is 7.89. The molecule has 6 heteroatoms. The van der Waals surface area contributed by atoms with Crippen molar-refractivity contribution < 1.29 is 17.9 Å². The minimum atomic E-state index is -3.74. The van der Waals surface area contributed by atoms with Crippen molar-refractivity contribution in [3.63, 3.8) is 0 Å². The molecule has 1 aromatic rings. The van der Waals surface area contributed by atoms with E-state index in [1.54, 1.807) is 19.1 Å². The van der Waals surface area contributed by atoms with E-state index in [0.717, 1.165) is 5.56 Å². The quantitative estimate of drug-likeness (QED) is 0.814. The van der Waals surface area contributed by atoms with Crippen molar-refractivity contribution in [2.45, 2.75) is 38.1 Å². The molecule has 2 atom stereocenters. The summed E-state index contributed by atoms with van der Waals surface area (Å²) in [6, 6.07) is 5.58. The number of aryl methyl sites for hydroxylation is 1. The molecule has 0 aliphatic heterocycles. The third-order valence-electron chi connectivity index (χ3n) is 3.28. The summed E-state index contributed by atoms with van der Waals surface area (Å²) in [7, 11) is -2.49. The molecule has 0 spiro atoms. The molecule has 0 aromatic heterocycles. The zero-order valence-electron chi connectivity index (χ0n) is 12.2. The van der Waals surface area contributed by atoms with Crippen LogP contribution in [0.5, 0.6) is 0 Å². The lowest BCUT2D eigenvalue weighted by Crippen LogP contribution is -2.45. The van der Waals surface area contributed by atoms with E-state index in [1.807, 2.05) is 13.8 Å². The van der Waals surface area contributed by atoms with Crippen LogP contribution < -0.4 is 4.72 Å². The monoisotopic (exact) mass is 299 g/mol. The number of nitrogens with one attached hydrogen (secondary N) is 1. The Balaban J connectivity index is 3.02. The zero-order chi connectivity index (χ0) is 15.3. The predicted octanol–water partition coefficient (Wildman–Crippen LogP) is 1.86. The first kappa shape index (κ1) is 16.7. The Morgan fingerprint density at radius 2 is 1.85 bits per heavy atom. The van der Waals surface area contributed by atoms with E-state index in [-0.39, 0.29) is 10.8 Å². The van der Waals surface area contributed by atoms with Crippen LogP contribution in [0.3, 0.4) is 0 Å². The summed E-state index contributed by atoms with van der Waals surface area (Å²) >= 11 is 0. The van der Waals surface area contributed by atoms with Gasteiger partial charge in [-0.25, -0.2) is 8.42 Å². The fourth-order valence-corrected chi connectivity index (χ4v) is 3.01. The Morgan fingerprint density at radius 1 is 1.30 bits per heavy atom. The fourth-order valence-electron chi connectivity index (χ4n) is 1.71. The largest absolute Gasteiger partial charge is 0.468 e. The zero-order valence-corrected chi connectivity index (χ0v) is 13.0. The van der Waals surface area contributed by atoms with Gasteiger partial charge in [-0.2, -0.15) is 4.72 Å². The van der Waals surface area contributed by atoms with Gasteiger partial charge in [-0.05, 0) is 25.0 Å². The normalized spacial score (nSPS) is 14.6. The molecule has 1 rings (SSSR count). The highest BCUT2D eigenvalue weighted by atomic mass is 32.2. The Labute approximate surface area is 120 Å². The Hall–Kier alpha value is -1.40. The van der Waals surface area contributed by atoms with Crippen molar-refractivity contribution in [2.75, 3.05) is 7.11 Å². The fraction of sp³-hybridized carbons (Fsp3) is 0.500. The molecular formula is C14H21NO4S. The number of ether oxygens (including phenoxy) is 1. The minimum absolute atomic E-state index is 0.139. The second kappa shape index (κ2) is 6.85. The molecular weight excluding hydrogens is 278 g/mol. The molecule has 0 radical (unpaired) electrons. The van der Waals surface area contributed by atoms with Crippen LogP contribution in [-0.4, -0.2) is 27.5 Å².